The first kappa shape index (κ1) is 10.7. The van der Waals surface area contributed by atoms with Crippen molar-refractivity contribution in [2.45, 2.75) is 20.0 Å². The van der Waals surface area contributed by atoms with Crippen molar-refractivity contribution in [2.75, 3.05) is 11.9 Å². The van der Waals surface area contributed by atoms with Gasteiger partial charge in [-0.2, -0.15) is 0 Å². The first-order chi connectivity index (χ1) is 7.88. The van der Waals surface area contributed by atoms with Crippen molar-refractivity contribution >= 4 is 6.01 Å². The van der Waals surface area contributed by atoms with E-state index in [2.05, 4.69) is 20.8 Å². The van der Waals surface area contributed by atoms with Crippen LogP contribution in [0.4, 0.5) is 6.01 Å². The molecular formula is C10H14N4O2. The largest absolute Gasteiger partial charge is 0.467 e. The lowest BCUT2D eigenvalue weighted by Gasteiger charge is -1.97. The Bertz CT molecular complexity index is 410. The SMILES string of the molecule is CCNCc1nnc(NCc2ccco2)o1. The summed E-state index contributed by atoms with van der Waals surface area (Å²) in [6.07, 6.45) is 1.63. The molecule has 16 heavy (non-hydrogen) atoms. The van der Waals surface area contributed by atoms with Crippen molar-refractivity contribution in [3.63, 3.8) is 0 Å². The fourth-order valence-corrected chi connectivity index (χ4v) is 1.20. The summed E-state index contributed by atoms with van der Waals surface area (Å²) < 4.78 is 10.5. The van der Waals surface area contributed by atoms with Gasteiger partial charge in [0.15, 0.2) is 0 Å². The Kier molecular flexibility index (Phi) is 3.55. The summed E-state index contributed by atoms with van der Waals surface area (Å²) in [6, 6.07) is 4.12. The van der Waals surface area contributed by atoms with Crippen LogP contribution in [0.1, 0.15) is 18.6 Å². The zero-order chi connectivity index (χ0) is 11.2. The van der Waals surface area contributed by atoms with Crippen LogP contribution in [0.5, 0.6) is 0 Å². The molecule has 0 saturated carbocycles. The molecule has 86 valence electrons. The molecule has 0 amide bonds. The Labute approximate surface area is 93.0 Å². The predicted octanol–water partition coefficient (Wildman–Crippen LogP) is 1.38. The van der Waals surface area contributed by atoms with Crippen molar-refractivity contribution in [1.29, 1.82) is 0 Å². The summed E-state index contributed by atoms with van der Waals surface area (Å²) >= 11 is 0. The molecule has 0 radical (unpaired) electrons. The number of anilines is 1. The Hall–Kier alpha value is -1.82. The van der Waals surface area contributed by atoms with Crippen LogP contribution >= 0.6 is 0 Å². The Morgan fingerprint density at radius 2 is 2.25 bits per heavy atom. The molecule has 0 aliphatic rings. The van der Waals surface area contributed by atoms with Gasteiger partial charge in [0.25, 0.3) is 0 Å². The van der Waals surface area contributed by atoms with E-state index in [-0.39, 0.29) is 0 Å². The monoisotopic (exact) mass is 222 g/mol. The molecule has 0 fully saturated rings. The quantitative estimate of drug-likeness (QED) is 0.769. The molecule has 0 aliphatic carbocycles. The second kappa shape index (κ2) is 5.32. The fraction of sp³-hybridized carbons (Fsp3) is 0.400. The average Bonchev–Trinajstić information content (AvgIpc) is 2.95. The van der Waals surface area contributed by atoms with Gasteiger partial charge in [0.2, 0.25) is 5.89 Å². The summed E-state index contributed by atoms with van der Waals surface area (Å²) in [7, 11) is 0. The molecule has 2 N–H and O–H groups in total. The molecule has 0 spiro atoms. The summed E-state index contributed by atoms with van der Waals surface area (Å²) in [5, 5.41) is 13.8. The molecular weight excluding hydrogens is 208 g/mol. The molecule has 6 heteroatoms. The Morgan fingerprint density at radius 1 is 1.31 bits per heavy atom. The number of hydrogen-bond donors (Lipinski definition) is 2. The normalized spacial score (nSPS) is 10.6. The van der Waals surface area contributed by atoms with Crippen molar-refractivity contribution < 1.29 is 8.83 Å². The third-order valence-electron chi connectivity index (χ3n) is 1.99. The van der Waals surface area contributed by atoms with E-state index in [1.165, 1.54) is 0 Å². The zero-order valence-electron chi connectivity index (χ0n) is 9.06. The van der Waals surface area contributed by atoms with E-state index >= 15 is 0 Å². The number of nitrogens with one attached hydrogen (secondary N) is 2. The van der Waals surface area contributed by atoms with Gasteiger partial charge in [0.1, 0.15) is 5.76 Å². The highest BCUT2D eigenvalue weighted by molar-refractivity contribution is 5.18. The van der Waals surface area contributed by atoms with Gasteiger partial charge in [-0.15, -0.1) is 5.10 Å². The van der Waals surface area contributed by atoms with Gasteiger partial charge < -0.3 is 19.5 Å². The highest BCUT2D eigenvalue weighted by Gasteiger charge is 2.05. The van der Waals surface area contributed by atoms with Gasteiger partial charge in [-0.3, -0.25) is 0 Å². The number of furan rings is 1. The van der Waals surface area contributed by atoms with Crippen LogP contribution in [0.3, 0.4) is 0 Å². The Balaban J connectivity index is 1.83. The van der Waals surface area contributed by atoms with E-state index < -0.39 is 0 Å². The van der Waals surface area contributed by atoms with Crippen LogP contribution in [0.2, 0.25) is 0 Å². The molecule has 0 unspecified atom stereocenters. The Morgan fingerprint density at radius 3 is 3.00 bits per heavy atom. The van der Waals surface area contributed by atoms with Crippen LogP contribution < -0.4 is 10.6 Å². The molecule has 2 aromatic rings. The van der Waals surface area contributed by atoms with Gasteiger partial charge in [0.05, 0.1) is 19.4 Å². The lowest BCUT2D eigenvalue weighted by molar-refractivity contribution is 0.475. The predicted molar refractivity (Wildman–Crippen MR) is 57.7 cm³/mol. The second-order valence-electron chi connectivity index (χ2n) is 3.21. The molecule has 6 nitrogen and oxygen atoms in total. The minimum atomic E-state index is 0.407. The number of aromatic nitrogens is 2. The average molecular weight is 222 g/mol. The smallest absolute Gasteiger partial charge is 0.315 e. The van der Waals surface area contributed by atoms with E-state index in [1.54, 1.807) is 6.26 Å². The summed E-state index contributed by atoms with van der Waals surface area (Å²) in [4.78, 5) is 0. The minimum absolute atomic E-state index is 0.407. The summed E-state index contributed by atoms with van der Waals surface area (Å²) in [5.74, 6) is 1.40. The maximum absolute atomic E-state index is 5.35. The van der Waals surface area contributed by atoms with Crippen molar-refractivity contribution in [1.82, 2.24) is 15.5 Å². The van der Waals surface area contributed by atoms with Gasteiger partial charge >= 0.3 is 6.01 Å². The van der Waals surface area contributed by atoms with Gasteiger partial charge in [-0.25, -0.2) is 0 Å². The molecule has 2 rings (SSSR count). The highest BCUT2D eigenvalue weighted by Crippen LogP contribution is 2.08. The molecule has 2 aromatic heterocycles. The first-order valence-electron chi connectivity index (χ1n) is 5.18. The van der Waals surface area contributed by atoms with E-state index in [9.17, 15) is 0 Å². The molecule has 0 atom stereocenters. The second-order valence-corrected chi connectivity index (χ2v) is 3.21. The maximum Gasteiger partial charge on any atom is 0.315 e. The fourth-order valence-electron chi connectivity index (χ4n) is 1.20. The number of rotatable bonds is 6. The maximum atomic E-state index is 5.35. The van der Waals surface area contributed by atoms with E-state index in [1.807, 2.05) is 19.1 Å². The highest BCUT2D eigenvalue weighted by atomic mass is 16.4. The first-order valence-corrected chi connectivity index (χ1v) is 5.18. The molecule has 0 saturated heterocycles. The number of nitrogens with zero attached hydrogens (tertiary/aromatic N) is 2. The third kappa shape index (κ3) is 2.83. The van der Waals surface area contributed by atoms with E-state index in [4.69, 9.17) is 8.83 Å². The van der Waals surface area contributed by atoms with Gasteiger partial charge in [-0.1, -0.05) is 12.0 Å². The summed E-state index contributed by atoms with van der Waals surface area (Å²) in [5.41, 5.74) is 0. The van der Waals surface area contributed by atoms with Crippen LogP contribution in [0.15, 0.2) is 27.2 Å². The van der Waals surface area contributed by atoms with E-state index in [0.717, 1.165) is 12.3 Å². The summed E-state index contributed by atoms with van der Waals surface area (Å²) in [6.45, 7) is 4.02. The van der Waals surface area contributed by atoms with Crippen LogP contribution in [0, 0.1) is 0 Å². The lowest BCUT2D eigenvalue weighted by atomic mass is 10.4. The van der Waals surface area contributed by atoms with Crippen molar-refractivity contribution in [3.05, 3.63) is 30.0 Å². The zero-order valence-corrected chi connectivity index (χ0v) is 9.06. The molecule has 0 aliphatic heterocycles. The topological polar surface area (TPSA) is 76.1 Å². The van der Waals surface area contributed by atoms with Gasteiger partial charge in [-0.05, 0) is 18.7 Å². The van der Waals surface area contributed by atoms with Gasteiger partial charge in [0, 0.05) is 0 Å². The van der Waals surface area contributed by atoms with Crippen molar-refractivity contribution in [2.24, 2.45) is 0 Å². The molecule has 0 bridgehead atoms. The molecule has 0 aromatic carbocycles. The van der Waals surface area contributed by atoms with Crippen molar-refractivity contribution in [3.8, 4) is 0 Å². The third-order valence-corrected chi connectivity index (χ3v) is 1.99. The van der Waals surface area contributed by atoms with E-state index in [0.29, 0.717) is 25.0 Å². The van der Waals surface area contributed by atoms with Crippen LogP contribution in [-0.2, 0) is 13.1 Å². The number of hydrogen-bond acceptors (Lipinski definition) is 6. The van der Waals surface area contributed by atoms with Crippen LogP contribution in [0.25, 0.3) is 0 Å². The molecule has 2 heterocycles. The standard InChI is InChI=1S/C10H14N4O2/c1-2-11-7-9-13-14-10(16-9)12-6-8-4-3-5-15-8/h3-5,11H,2,6-7H2,1H3,(H,12,14). The minimum Gasteiger partial charge on any atom is -0.467 e. The lowest BCUT2D eigenvalue weighted by Crippen LogP contribution is -2.11. The van der Waals surface area contributed by atoms with Crippen LogP contribution in [-0.4, -0.2) is 16.7 Å².